The molecule has 2 aromatic rings. The van der Waals surface area contributed by atoms with Crippen molar-refractivity contribution in [2.45, 2.75) is 0 Å². The maximum absolute atomic E-state index is 11.9. The second-order valence-corrected chi connectivity index (χ2v) is 6.30. The summed E-state index contributed by atoms with van der Waals surface area (Å²) in [5, 5.41) is 0.933. The number of Topliss-reactive ketones (excluding diaryl/α,β-unsaturated/α-hetero) is 1. The zero-order valence-corrected chi connectivity index (χ0v) is 14.9. The number of hydrogen-bond acceptors (Lipinski definition) is 3. The fourth-order valence-electron chi connectivity index (χ4n) is 1.70. The molecule has 118 valence electrons. The van der Waals surface area contributed by atoms with Crippen molar-refractivity contribution in [2.24, 2.45) is 0 Å². The molecule has 0 aliphatic heterocycles. The zero-order valence-electron chi connectivity index (χ0n) is 11.8. The fourth-order valence-corrected chi connectivity index (χ4v) is 2.43. The molecule has 0 amide bonds. The van der Waals surface area contributed by atoms with Gasteiger partial charge in [0.1, 0.15) is 0 Å². The predicted octanol–water partition coefficient (Wildman–Crippen LogP) is 5.20. The molecule has 0 aliphatic rings. The van der Waals surface area contributed by atoms with Crippen LogP contribution in [0.1, 0.15) is 15.9 Å². The summed E-state index contributed by atoms with van der Waals surface area (Å²) in [6.07, 6.45) is 2.72. The second kappa shape index (κ2) is 8.29. The van der Waals surface area contributed by atoms with Gasteiger partial charge in [0.15, 0.2) is 12.4 Å². The van der Waals surface area contributed by atoms with Crippen LogP contribution < -0.4 is 0 Å². The Balaban J connectivity index is 1.90. The summed E-state index contributed by atoms with van der Waals surface area (Å²) >= 11 is 15.1. The first-order valence-electron chi connectivity index (χ1n) is 6.54. The molecule has 0 N–H and O–H groups in total. The van der Waals surface area contributed by atoms with E-state index in [9.17, 15) is 9.59 Å². The molecule has 23 heavy (non-hydrogen) atoms. The van der Waals surface area contributed by atoms with E-state index in [1.165, 1.54) is 12.2 Å². The maximum atomic E-state index is 11.9. The van der Waals surface area contributed by atoms with Crippen LogP contribution in [-0.4, -0.2) is 18.4 Å². The lowest BCUT2D eigenvalue weighted by Crippen LogP contribution is -2.12. The molecule has 3 nitrogen and oxygen atoms in total. The van der Waals surface area contributed by atoms with Crippen LogP contribution in [0.5, 0.6) is 0 Å². The van der Waals surface area contributed by atoms with Gasteiger partial charge in [-0.15, -0.1) is 0 Å². The Morgan fingerprint density at radius 2 is 1.78 bits per heavy atom. The highest BCUT2D eigenvalue weighted by Gasteiger charge is 2.08. The first-order chi connectivity index (χ1) is 11.0. The number of benzene rings is 2. The maximum Gasteiger partial charge on any atom is 0.331 e. The van der Waals surface area contributed by atoms with E-state index in [0.717, 1.165) is 4.47 Å². The Bertz CT molecular complexity index is 755. The van der Waals surface area contributed by atoms with Crippen molar-refractivity contribution in [1.82, 2.24) is 0 Å². The molecule has 0 saturated carbocycles. The number of hydrogen-bond donors (Lipinski definition) is 0. The predicted molar refractivity (Wildman–Crippen MR) is 94.9 cm³/mol. The quantitative estimate of drug-likeness (QED) is 0.384. The Labute approximate surface area is 152 Å². The average Bonchev–Trinajstić information content (AvgIpc) is 2.52. The van der Waals surface area contributed by atoms with Crippen molar-refractivity contribution in [2.75, 3.05) is 6.61 Å². The lowest BCUT2D eigenvalue weighted by Gasteiger charge is -2.02. The molecule has 0 saturated heterocycles. The number of ketones is 1. The van der Waals surface area contributed by atoms with Gasteiger partial charge in [-0.3, -0.25) is 4.79 Å². The molecule has 0 unspecified atom stereocenters. The molecule has 0 aromatic heterocycles. The van der Waals surface area contributed by atoms with Crippen molar-refractivity contribution in [3.8, 4) is 0 Å². The molecule has 0 fully saturated rings. The molecular weight excluding hydrogens is 403 g/mol. The standard InChI is InChI=1S/C17H11BrCl2O3/c18-13-5-1-12(2-6-13)16(21)10-23-17(22)8-4-11-3-7-14(19)9-15(11)20/h1-9H,10H2. The Morgan fingerprint density at radius 3 is 2.43 bits per heavy atom. The van der Waals surface area contributed by atoms with Crippen LogP contribution in [0.25, 0.3) is 6.08 Å². The van der Waals surface area contributed by atoms with Gasteiger partial charge < -0.3 is 4.74 Å². The third kappa shape index (κ3) is 5.50. The van der Waals surface area contributed by atoms with Crippen molar-refractivity contribution >= 4 is 57.0 Å². The molecule has 0 radical (unpaired) electrons. The van der Waals surface area contributed by atoms with E-state index < -0.39 is 5.97 Å². The average molecular weight is 414 g/mol. The van der Waals surface area contributed by atoms with E-state index in [4.69, 9.17) is 27.9 Å². The number of ether oxygens (including phenoxy) is 1. The highest BCUT2D eigenvalue weighted by Crippen LogP contribution is 2.22. The Morgan fingerprint density at radius 1 is 1.09 bits per heavy atom. The van der Waals surface area contributed by atoms with E-state index in [2.05, 4.69) is 15.9 Å². The fraction of sp³-hybridized carbons (Fsp3) is 0.0588. The van der Waals surface area contributed by atoms with Crippen LogP contribution in [0.15, 0.2) is 53.0 Å². The van der Waals surface area contributed by atoms with E-state index >= 15 is 0 Å². The van der Waals surface area contributed by atoms with Gasteiger partial charge in [-0.25, -0.2) is 4.79 Å². The number of halogens is 3. The van der Waals surface area contributed by atoms with Crippen LogP contribution in [0, 0.1) is 0 Å². The van der Waals surface area contributed by atoms with Crippen molar-refractivity contribution < 1.29 is 14.3 Å². The van der Waals surface area contributed by atoms with Crippen LogP contribution in [0.2, 0.25) is 10.0 Å². The Hall–Kier alpha value is -1.62. The minimum absolute atomic E-state index is 0.274. The summed E-state index contributed by atoms with van der Waals surface area (Å²) < 4.78 is 5.79. The number of carbonyl (C=O) groups is 2. The minimum atomic E-state index is -0.624. The van der Waals surface area contributed by atoms with Crippen molar-refractivity contribution in [1.29, 1.82) is 0 Å². The van der Waals surface area contributed by atoms with Crippen molar-refractivity contribution in [3.05, 3.63) is 74.2 Å². The van der Waals surface area contributed by atoms with Gasteiger partial charge in [-0.05, 0) is 35.9 Å². The first kappa shape index (κ1) is 17.7. The summed E-state index contributed by atoms with van der Waals surface area (Å²) in [6.45, 7) is -0.320. The van der Waals surface area contributed by atoms with Gasteiger partial charge in [-0.1, -0.05) is 57.3 Å². The summed E-state index contributed by atoms with van der Waals surface area (Å²) in [5.74, 6) is -0.898. The molecule has 0 aliphatic carbocycles. The first-order valence-corrected chi connectivity index (χ1v) is 8.09. The van der Waals surface area contributed by atoms with Crippen LogP contribution >= 0.6 is 39.1 Å². The van der Waals surface area contributed by atoms with E-state index in [1.807, 2.05) is 0 Å². The molecule has 0 spiro atoms. The smallest absolute Gasteiger partial charge is 0.331 e. The molecule has 0 bridgehead atoms. The monoisotopic (exact) mass is 412 g/mol. The van der Waals surface area contributed by atoms with Gasteiger partial charge in [0.05, 0.1) is 0 Å². The summed E-state index contributed by atoms with van der Waals surface area (Å²) in [4.78, 5) is 23.5. The van der Waals surface area contributed by atoms with Gasteiger partial charge >= 0.3 is 5.97 Å². The molecular formula is C17H11BrCl2O3. The number of esters is 1. The topological polar surface area (TPSA) is 43.4 Å². The highest BCUT2D eigenvalue weighted by molar-refractivity contribution is 9.10. The van der Waals surface area contributed by atoms with Crippen LogP contribution in [0.4, 0.5) is 0 Å². The lowest BCUT2D eigenvalue weighted by atomic mass is 10.1. The molecule has 2 aromatic carbocycles. The molecule has 2 rings (SSSR count). The largest absolute Gasteiger partial charge is 0.454 e. The van der Waals surface area contributed by atoms with E-state index in [-0.39, 0.29) is 12.4 Å². The third-order valence-electron chi connectivity index (χ3n) is 2.87. The molecule has 0 heterocycles. The highest BCUT2D eigenvalue weighted by atomic mass is 79.9. The van der Waals surface area contributed by atoms with Crippen molar-refractivity contribution in [3.63, 3.8) is 0 Å². The zero-order chi connectivity index (χ0) is 16.8. The summed E-state index contributed by atoms with van der Waals surface area (Å²) in [7, 11) is 0. The molecule has 6 heteroatoms. The van der Waals surface area contributed by atoms with Gasteiger partial charge in [0, 0.05) is 26.2 Å². The van der Waals surface area contributed by atoms with Gasteiger partial charge in [0.25, 0.3) is 0 Å². The summed E-state index contributed by atoms with van der Waals surface area (Å²) in [5.41, 5.74) is 1.11. The third-order valence-corrected chi connectivity index (χ3v) is 3.96. The number of rotatable bonds is 5. The second-order valence-electron chi connectivity index (χ2n) is 4.54. The summed E-state index contributed by atoms with van der Waals surface area (Å²) in [6, 6.07) is 11.7. The SMILES string of the molecule is O=C(C=Cc1ccc(Cl)cc1Cl)OCC(=O)c1ccc(Br)cc1. The van der Waals surface area contributed by atoms with E-state index in [0.29, 0.717) is 21.2 Å². The Kier molecular flexibility index (Phi) is 6.39. The van der Waals surface area contributed by atoms with E-state index in [1.54, 1.807) is 42.5 Å². The number of carbonyl (C=O) groups excluding carboxylic acids is 2. The van der Waals surface area contributed by atoms with Crippen LogP contribution in [0.3, 0.4) is 0 Å². The van der Waals surface area contributed by atoms with Gasteiger partial charge in [0.2, 0.25) is 0 Å². The lowest BCUT2D eigenvalue weighted by molar-refractivity contribution is -0.136. The normalized spacial score (nSPS) is 10.7. The minimum Gasteiger partial charge on any atom is -0.454 e. The van der Waals surface area contributed by atoms with Crippen LogP contribution in [-0.2, 0) is 9.53 Å². The molecule has 0 atom stereocenters. The van der Waals surface area contributed by atoms with Gasteiger partial charge in [-0.2, -0.15) is 0 Å².